The maximum absolute atomic E-state index is 3.28. The second-order valence-corrected chi connectivity index (χ2v) is 46.3. The quantitative estimate of drug-likeness (QED) is 0.257. The molecule has 0 amide bonds. The van der Waals surface area contributed by atoms with Gasteiger partial charge in [-0.25, -0.2) is 0 Å². The second-order valence-electron chi connectivity index (χ2n) is 46.3. The average Bonchev–Trinajstić information content (AvgIpc) is 1.26. The molecule has 544 valence electrons. The van der Waals surface area contributed by atoms with Gasteiger partial charge < -0.3 is 0 Å². The van der Waals surface area contributed by atoms with Crippen molar-refractivity contribution in [2.75, 3.05) is 0 Å². The summed E-state index contributed by atoms with van der Waals surface area (Å²) < 4.78 is 0. The summed E-state index contributed by atoms with van der Waals surface area (Å²) in [6.07, 6.45) is 11.8. The predicted octanol–water partition coefficient (Wildman–Crippen LogP) is 25.7. The van der Waals surface area contributed by atoms with Crippen molar-refractivity contribution in [1.82, 2.24) is 0 Å². The summed E-state index contributed by atoms with van der Waals surface area (Å²) in [7, 11) is 0. The number of rotatable bonds is 5. The van der Waals surface area contributed by atoms with Crippen LogP contribution in [0.5, 0.6) is 0 Å². The van der Waals surface area contributed by atoms with E-state index < -0.39 is 0 Å². The van der Waals surface area contributed by atoms with Crippen molar-refractivity contribution in [3.05, 3.63) is 0 Å². The van der Waals surface area contributed by atoms with Gasteiger partial charge in [0.05, 0.1) is 0 Å². The van der Waals surface area contributed by atoms with Gasteiger partial charge in [0, 0.05) is 0 Å². The van der Waals surface area contributed by atoms with Crippen LogP contribution in [0, 0.1) is 314 Å². The summed E-state index contributed by atoms with van der Waals surface area (Å²) in [6.45, 7) is 102. The van der Waals surface area contributed by atoms with Crippen molar-refractivity contribution >= 4 is 0 Å². The lowest BCUT2D eigenvalue weighted by molar-refractivity contribution is -0.544. The number of hydrogen-bond acceptors (Lipinski definition) is 0. The lowest BCUT2D eigenvalue weighted by Crippen LogP contribution is -2.97. The molecule has 17 fully saturated rings. The summed E-state index contributed by atoms with van der Waals surface area (Å²) in [4.78, 5) is 0. The van der Waals surface area contributed by atoms with Crippen LogP contribution in [0.4, 0.5) is 0 Å². The Kier molecular flexibility index (Phi) is 14.2. The summed E-state index contributed by atoms with van der Waals surface area (Å²) in [5.41, 5.74) is 3.88. The number of fused-ring (bicyclic) bond motifs is 7. The van der Waals surface area contributed by atoms with Gasteiger partial charge in [0.1, 0.15) is 0 Å². The first-order valence-electron chi connectivity index (χ1n) is 44.7. The summed E-state index contributed by atoms with van der Waals surface area (Å²) in [5, 5.41) is 0. The minimum absolute atomic E-state index is 0.260. The van der Waals surface area contributed by atoms with E-state index in [1.807, 2.05) is 0 Å². The molecular weight excluding hydrogens is 1150 g/mol. The molecule has 0 aromatic carbocycles. The van der Waals surface area contributed by atoms with Gasteiger partial charge in [0.25, 0.3) is 0 Å². The van der Waals surface area contributed by atoms with Crippen LogP contribution >= 0.6 is 0 Å². The van der Waals surface area contributed by atoms with Crippen molar-refractivity contribution in [2.45, 2.75) is 287 Å². The molecule has 0 nitrogen and oxygen atoms in total. The zero-order chi connectivity index (χ0) is 69.9. The third-order valence-corrected chi connectivity index (χ3v) is 50.5. The van der Waals surface area contributed by atoms with Crippen molar-refractivity contribution in [3.8, 4) is 0 Å². The van der Waals surface area contributed by atoms with Gasteiger partial charge in [-0.05, 0) is 339 Å². The SMILES string of the molecule is CCC1C(C)C(C)C(C)C(C)C(C)C(C)C(C)C(CC)C(C)C2(C)C3C4C1C1C5CC(C)CCC6C5C5(C6C6C(CC)C7(C)C6C6C8C9C%10C(C)(C(C)C(C)C(C)C%11(CC)C%12(C)C(C%13C3C(C)(C2C)C(C)C%13%12C)C%105%11)C(C)C(C)C9(C)C8(CC)C(C)C(C)C(C)C(C)C6(C)C7C)C14. The monoisotopic (exact) mass is 1310 g/mol. The molecule has 0 bridgehead atoms. The molecule has 0 saturated heterocycles. The molecule has 17 aliphatic rings. The van der Waals surface area contributed by atoms with E-state index in [-0.39, 0.29) is 10.8 Å². The predicted molar refractivity (Wildman–Crippen MR) is 406 cm³/mol. The first-order valence-corrected chi connectivity index (χ1v) is 44.7. The zero-order valence-corrected chi connectivity index (χ0v) is 69.9. The third-order valence-electron chi connectivity index (χ3n) is 50.5. The topological polar surface area (TPSA) is 0 Å². The van der Waals surface area contributed by atoms with Crippen molar-refractivity contribution in [3.63, 3.8) is 0 Å². The largest absolute Gasteiger partial charge is 0.0651 e. The molecule has 0 heteroatoms. The molecule has 0 aromatic heterocycles. The zero-order valence-electron chi connectivity index (χ0n) is 69.9. The lowest BCUT2D eigenvalue weighted by Gasteiger charge is -3.00. The highest BCUT2D eigenvalue weighted by atomic mass is 15.1. The maximum atomic E-state index is 3.28. The minimum atomic E-state index is 0.260. The summed E-state index contributed by atoms with van der Waals surface area (Å²) in [5.74, 6) is 33.4. The Balaban J connectivity index is 1.08. The molecule has 0 aromatic rings. The molecule has 0 N–H and O–H groups in total. The fraction of sp³-hybridized carbons (Fsp3) is 1.00. The van der Waals surface area contributed by atoms with Gasteiger partial charge >= 0.3 is 0 Å². The van der Waals surface area contributed by atoms with E-state index in [4.69, 9.17) is 0 Å². The Morgan fingerprint density at radius 2 is 0.812 bits per heavy atom. The van der Waals surface area contributed by atoms with Gasteiger partial charge in [-0.3, -0.25) is 0 Å². The van der Waals surface area contributed by atoms with Crippen LogP contribution < -0.4 is 0 Å². The van der Waals surface area contributed by atoms with Crippen LogP contribution in [0.25, 0.3) is 0 Å². The van der Waals surface area contributed by atoms with Crippen LogP contribution in [0.15, 0.2) is 0 Å². The fourth-order valence-corrected chi connectivity index (χ4v) is 45.4. The molecule has 0 aliphatic heterocycles. The Morgan fingerprint density at radius 3 is 1.38 bits per heavy atom. The van der Waals surface area contributed by atoms with E-state index in [0.717, 1.165) is 219 Å². The van der Waals surface area contributed by atoms with Crippen LogP contribution in [0.3, 0.4) is 0 Å². The first kappa shape index (κ1) is 69.1. The Hall–Kier alpha value is 0. The highest BCUT2D eigenvalue weighted by molar-refractivity contribution is 5.54. The summed E-state index contributed by atoms with van der Waals surface area (Å²) in [6, 6.07) is 0. The standard InChI is InChI=1S/C96H160/c1-35-64-51(14)47(10)45(8)44(7)46(9)48(11)52(15)65(36-2)69-70-67-42-43(6)40-41-66-73(67)95-74(66)71-68(37-3)89(31)62(25)86(28)54(17)49(12)50(13)56(19)93(38-4)80(78(86)76(71)89)82-83-85(27,58(21)59(22)90(82,93)32)55(18)53(16)57(20)94(39-5)92(34)84(96(83,94)95)81-79-77(72(69)75(70)95)87(29,60(64)23)61(24)88(79,30)63(26)91(81,92)33/h43-84H,35-42H2,1-34H3. The normalized spacial score (nSPS) is 73.7. The molecule has 0 radical (unpaired) electrons. The van der Waals surface area contributed by atoms with E-state index >= 15 is 0 Å². The molecule has 54 atom stereocenters. The number of hydrogen-bond donors (Lipinski definition) is 0. The molecule has 96 heavy (non-hydrogen) atoms. The van der Waals surface area contributed by atoms with E-state index in [9.17, 15) is 0 Å². The van der Waals surface area contributed by atoms with Crippen molar-refractivity contribution < 1.29 is 0 Å². The summed E-state index contributed by atoms with van der Waals surface area (Å²) >= 11 is 0. The smallest absolute Gasteiger partial charge is 0.00944 e. The van der Waals surface area contributed by atoms with E-state index in [1.54, 1.807) is 12.8 Å². The Labute approximate surface area is 596 Å². The second kappa shape index (κ2) is 19.8. The fourth-order valence-electron chi connectivity index (χ4n) is 45.4. The molecule has 54 unspecified atom stereocenters. The van der Waals surface area contributed by atoms with Gasteiger partial charge in [-0.2, -0.15) is 0 Å². The average molecular weight is 1310 g/mol. The van der Waals surface area contributed by atoms with E-state index in [0.29, 0.717) is 83.7 Å². The Morgan fingerprint density at radius 1 is 0.302 bits per heavy atom. The molecule has 17 rings (SSSR count). The van der Waals surface area contributed by atoms with Crippen LogP contribution in [0.1, 0.15) is 287 Å². The van der Waals surface area contributed by atoms with Crippen molar-refractivity contribution in [2.24, 2.45) is 314 Å². The first-order chi connectivity index (χ1) is 44.7. The molecule has 17 saturated carbocycles. The van der Waals surface area contributed by atoms with Crippen LogP contribution in [-0.4, -0.2) is 0 Å². The van der Waals surface area contributed by atoms with Gasteiger partial charge in [0.2, 0.25) is 0 Å². The maximum Gasteiger partial charge on any atom is -0.00944 e. The minimum Gasteiger partial charge on any atom is -0.0651 e. The van der Waals surface area contributed by atoms with E-state index in [1.165, 1.54) is 38.5 Å². The lowest BCUT2D eigenvalue weighted by atomic mass is 9.03. The molecule has 0 heterocycles. The highest BCUT2D eigenvalue weighted by Gasteiger charge is 3.07. The van der Waals surface area contributed by atoms with Crippen LogP contribution in [0.2, 0.25) is 0 Å². The molecular formula is C96H160. The molecule has 17 aliphatic carbocycles. The van der Waals surface area contributed by atoms with Crippen LogP contribution in [-0.2, 0) is 0 Å². The van der Waals surface area contributed by atoms with Gasteiger partial charge in [0.15, 0.2) is 0 Å². The van der Waals surface area contributed by atoms with Gasteiger partial charge in [-0.15, -0.1) is 0 Å². The highest BCUT2D eigenvalue weighted by Crippen LogP contribution is 3.11. The Bertz CT molecular complexity index is 3170. The van der Waals surface area contributed by atoms with Crippen molar-refractivity contribution in [1.29, 1.82) is 0 Å². The van der Waals surface area contributed by atoms with Gasteiger partial charge in [-0.1, -0.05) is 261 Å². The van der Waals surface area contributed by atoms with E-state index in [2.05, 4.69) is 235 Å². The third kappa shape index (κ3) is 5.81. The molecule has 2 spiro atoms.